The summed E-state index contributed by atoms with van der Waals surface area (Å²) in [6.45, 7) is 2.87. The van der Waals surface area contributed by atoms with Gasteiger partial charge in [-0.25, -0.2) is 4.98 Å². The zero-order valence-corrected chi connectivity index (χ0v) is 17.3. The van der Waals surface area contributed by atoms with E-state index in [0.29, 0.717) is 39.3 Å². The normalized spacial score (nSPS) is 15.5. The molecule has 1 amide bonds. The molecular weight excluding hydrogens is 404 g/mol. The molecule has 8 heteroatoms. The predicted octanol–water partition coefficient (Wildman–Crippen LogP) is 3.53. The molecule has 1 aromatic carbocycles. The van der Waals surface area contributed by atoms with E-state index in [1.165, 1.54) is 21.1 Å². The van der Waals surface area contributed by atoms with Crippen LogP contribution < -0.4 is 10.9 Å². The molecule has 0 spiro atoms. The maximum atomic E-state index is 13.2. The smallest absolute Gasteiger partial charge is 0.267 e. The molecule has 29 heavy (non-hydrogen) atoms. The fourth-order valence-electron chi connectivity index (χ4n) is 3.05. The van der Waals surface area contributed by atoms with Crippen molar-refractivity contribution in [1.82, 2.24) is 14.3 Å². The van der Waals surface area contributed by atoms with Gasteiger partial charge in [0.15, 0.2) is 0 Å². The number of benzene rings is 1. The summed E-state index contributed by atoms with van der Waals surface area (Å²) in [4.78, 5) is 32.3. The van der Waals surface area contributed by atoms with Gasteiger partial charge in [-0.15, -0.1) is 0 Å². The molecule has 1 aliphatic rings. The van der Waals surface area contributed by atoms with Gasteiger partial charge in [0.1, 0.15) is 15.8 Å². The summed E-state index contributed by atoms with van der Waals surface area (Å²) in [6, 6.07) is 15.2. The van der Waals surface area contributed by atoms with Crippen LogP contribution in [0.4, 0.5) is 5.82 Å². The van der Waals surface area contributed by atoms with Crippen molar-refractivity contribution >= 4 is 51.7 Å². The summed E-state index contributed by atoms with van der Waals surface area (Å²) < 4.78 is 1.97. The van der Waals surface area contributed by atoms with E-state index in [9.17, 15) is 9.59 Å². The van der Waals surface area contributed by atoms with Gasteiger partial charge < -0.3 is 5.32 Å². The highest BCUT2D eigenvalue weighted by molar-refractivity contribution is 8.26. The van der Waals surface area contributed by atoms with E-state index in [-0.39, 0.29) is 11.5 Å². The second-order valence-electron chi connectivity index (χ2n) is 6.37. The fourth-order valence-corrected chi connectivity index (χ4v) is 4.42. The number of fused-ring (bicyclic) bond motifs is 1. The Labute approximate surface area is 177 Å². The third-order valence-electron chi connectivity index (χ3n) is 4.54. The van der Waals surface area contributed by atoms with Crippen LogP contribution in [0, 0.1) is 0 Å². The van der Waals surface area contributed by atoms with Gasteiger partial charge in [-0.05, 0) is 30.7 Å². The second kappa shape index (κ2) is 8.18. The van der Waals surface area contributed by atoms with Crippen molar-refractivity contribution in [3.63, 3.8) is 0 Å². The third kappa shape index (κ3) is 3.81. The molecule has 0 unspecified atom stereocenters. The van der Waals surface area contributed by atoms with Crippen LogP contribution in [0.2, 0.25) is 0 Å². The molecule has 0 bridgehead atoms. The zero-order valence-electron chi connectivity index (χ0n) is 15.7. The molecule has 4 rings (SSSR count). The molecule has 0 saturated carbocycles. The molecule has 1 fully saturated rings. The number of thioether (sulfide) groups is 1. The van der Waals surface area contributed by atoms with E-state index in [1.54, 1.807) is 24.4 Å². The number of hydrogen-bond donors (Lipinski definition) is 1. The van der Waals surface area contributed by atoms with E-state index in [0.717, 1.165) is 5.56 Å². The molecule has 3 aromatic rings. The topological polar surface area (TPSA) is 66.7 Å². The summed E-state index contributed by atoms with van der Waals surface area (Å²) in [5.74, 6) is 0.251. The lowest BCUT2D eigenvalue weighted by molar-refractivity contribution is -0.121. The number of nitrogens with one attached hydrogen (secondary N) is 1. The van der Waals surface area contributed by atoms with Crippen LogP contribution in [0.15, 0.2) is 64.4 Å². The summed E-state index contributed by atoms with van der Waals surface area (Å²) in [5.41, 5.74) is 1.69. The first kappa shape index (κ1) is 19.4. The Morgan fingerprint density at radius 1 is 1.14 bits per heavy atom. The molecular formula is C21H18N4O2S2. The Morgan fingerprint density at radius 2 is 1.90 bits per heavy atom. The minimum absolute atomic E-state index is 0.186. The number of pyridine rings is 1. The van der Waals surface area contributed by atoms with E-state index < -0.39 is 0 Å². The number of aromatic nitrogens is 2. The van der Waals surface area contributed by atoms with Crippen molar-refractivity contribution in [2.45, 2.75) is 13.5 Å². The Balaban J connectivity index is 1.80. The van der Waals surface area contributed by atoms with Gasteiger partial charge in [0.25, 0.3) is 11.5 Å². The van der Waals surface area contributed by atoms with Crippen molar-refractivity contribution in [1.29, 1.82) is 0 Å². The number of anilines is 1. The van der Waals surface area contributed by atoms with Crippen LogP contribution in [0.5, 0.6) is 0 Å². The molecule has 3 heterocycles. The highest BCUT2D eigenvalue weighted by Crippen LogP contribution is 2.32. The quantitative estimate of drug-likeness (QED) is 0.501. The Morgan fingerprint density at radius 3 is 2.62 bits per heavy atom. The number of carbonyl (C=O) groups is 1. The first-order valence-corrected chi connectivity index (χ1v) is 10.4. The first-order chi connectivity index (χ1) is 14.1. The second-order valence-corrected chi connectivity index (χ2v) is 8.05. The number of amides is 1. The number of carbonyl (C=O) groups excluding carboxylic acids is 1. The SMILES string of the molecule is CCN1C(=O)C(=Cc2c(NCc3ccccc3)nc3ccccn3c2=O)SC1=S. The fraction of sp³-hybridized carbons (Fsp3) is 0.143. The van der Waals surface area contributed by atoms with E-state index in [2.05, 4.69) is 10.3 Å². The summed E-state index contributed by atoms with van der Waals surface area (Å²) in [7, 11) is 0. The maximum Gasteiger partial charge on any atom is 0.267 e. The first-order valence-electron chi connectivity index (χ1n) is 9.13. The molecule has 0 atom stereocenters. The number of thiocarbonyl (C=S) groups is 1. The van der Waals surface area contributed by atoms with Crippen LogP contribution in [-0.4, -0.2) is 31.1 Å². The Kier molecular flexibility index (Phi) is 5.46. The number of nitrogens with zero attached hydrogens (tertiary/aromatic N) is 3. The van der Waals surface area contributed by atoms with Crippen molar-refractivity contribution in [2.24, 2.45) is 0 Å². The van der Waals surface area contributed by atoms with Gasteiger partial charge in [0.2, 0.25) is 0 Å². The van der Waals surface area contributed by atoms with Crippen molar-refractivity contribution in [3.05, 3.63) is 81.1 Å². The monoisotopic (exact) mass is 422 g/mol. The lowest BCUT2D eigenvalue weighted by Gasteiger charge is -2.11. The Hall–Kier alpha value is -2.97. The minimum Gasteiger partial charge on any atom is -0.365 e. The van der Waals surface area contributed by atoms with Crippen molar-refractivity contribution < 1.29 is 4.79 Å². The molecule has 6 nitrogen and oxygen atoms in total. The molecule has 2 aromatic heterocycles. The summed E-state index contributed by atoms with van der Waals surface area (Å²) in [5, 5.41) is 3.25. The van der Waals surface area contributed by atoms with E-state index in [1.807, 2.05) is 43.3 Å². The number of hydrogen-bond acceptors (Lipinski definition) is 6. The molecule has 1 aliphatic heterocycles. The number of likely N-dealkylation sites (N-methyl/N-ethyl adjacent to an activating group) is 1. The van der Waals surface area contributed by atoms with Crippen LogP contribution in [0.1, 0.15) is 18.1 Å². The van der Waals surface area contributed by atoms with Crippen molar-refractivity contribution in [3.8, 4) is 0 Å². The van der Waals surface area contributed by atoms with E-state index >= 15 is 0 Å². The maximum absolute atomic E-state index is 13.2. The summed E-state index contributed by atoms with van der Waals surface area (Å²) >= 11 is 6.48. The molecule has 0 aliphatic carbocycles. The average molecular weight is 423 g/mol. The summed E-state index contributed by atoms with van der Waals surface area (Å²) in [6.07, 6.45) is 3.26. The largest absolute Gasteiger partial charge is 0.365 e. The predicted molar refractivity (Wildman–Crippen MR) is 121 cm³/mol. The van der Waals surface area contributed by atoms with Gasteiger partial charge >= 0.3 is 0 Å². The van der Waals surface area contributed by atoms with Crippen LogP contribution in [0.25, 0.3) is 11.7 Å². The minimum atomic E-state index is -0.243. The third-order valence-corrected chi connectivity index (χ3v) is 5.91. The molecule has 1 N–H and O–H groups in total. The van der Waals surface area contributed by atoms with Crippen LogP contribution >= 0.6 is 24.0 Å². The van der Waals surface area contributed by atoms with Gasteiger partial charge in [-0.1, -0.05) is 60.4 Å². The average Bonchev–Trinajstić information content (AvgIpc) is 3.02. The highest BCUT2D eigenvalue weighted by Gasteiger charge is 2.31. The van der Waals surface area contributed by atoms with Gasteiger partial charge in [0.05, 0.1) is 10.5 Å². The Bertz CT molecular complexity index is 1190. The molecule has 146 valence electrons. The van der Waals surface area contributed by atoms with Crippen LogP contribution in [0.3, 0.4) is 0 Å². The van der Waals surface area contributed by atoms with E-state index in [4.69, 9.17) is 12.2 Å². The highest BCUT2D eigenvalue weighted by atomic mass is 32.2. The zero-order chi connectivity index (χ0) is 20.4. The van der Waals surface area contributed by atoms with Crippen LogP contribution in [-0.2, 0) is 11.3 Å². The molecule has 1 saturated heterocycles. The molecule has 0 radical (unpaired) electrons. The lowest BCUT2D eigenvalue weighted by atomic mass is 10.2. The van der Waals surface area contributed by atoms with Gasteiger partial charge in [0, 0.05) is 19.3 Å². The van der Waals surface area contributed by atoms with Crippen molar-refractivity contribution in [2.75, 3.05) is 11.9 Å². The van der Waals surface area contributed by atoms with Gasteiger partial charge in [-0.2, -0.15) is 0 Å². The number of rotatable bonds is 5. The van der Waals surface area contributed by atoms with Gasteiger partial charge in [-0.3, -0.25) is 18.9 Å². The lowest BCUT2D eigenvalue weighted by Crippen LogP contribution is -2.27. The standard InChI is InChI=1S/C21H18N4O2S2/c1-2-24-20(27)16(29-21(24)28)12-15-18(22-13-14-8-4-3-5-9-14)23-17-10-6-7-11-25(17)19(15)26/h3-12,22H,2,13H2,1H3.